The summed E-state index contributed by atoms with van der Waals surface area (Å²) in [5.41, 5.74) is 5.57. The Labute approximate surface area is 90.0 Å². The highest BCUT2D eigenvalue weighted by Gasteiger charge is 2.25. The van der Waals surface area contributed by atoms with Crippen molar-refractivity contribution in [3.8, 4) is 0 Å². The lowest BCUT2D eigenvalue weighted by Crippen LogP contribution is -2.50. The molecular weight excluding hydrogens is 196 g/mol. The second kappa shape index (κ2) is 6.40. The number of nitrogens with one attached hydrogen (secondary N) is 1. The Kier molecular flexibility index (Phi) is 5.93. The molecule has 5 nitrogen and oxygen atoms in total. The summed E-state index contributed by atoms with van der Waals surface area (Å²) < 4.78 is 0. The summed E-state index contributed by atoms with van der Waals surface area (Å²) in [7, 11) is 0. The molecule has 88 valence electrons. The van der Waals surface area contributed by atoms with E-state index in [9.17, 15) is 9.59 Å². The van der Waals surface area contributed by atoms with Crippen LogP contribution in [0.1, 0.15) is 33.6 Å². The lowest BCUT2D eigenvalue weighted by Gasteiger charge is -2.20. The van der Waals surface area contributed by atoms with Crippen LogP contribution in [0.4, 0.5) is 0 Å². The maximum Gasteiger partial charge on any atom is 0.326 e. The number of hydrogen-bond donors (Lipinski definition) is 3. The molecule has 2 atom stereocenters. The number of carboxylic acids is 1. The van der Waals surface area contributed by atoms with Gasteiger partial charge in [0.15, 0.2) is 0 Å². The lowest BCUT2D eigenvalue weighted by molar-refractivity contribution is -0.143. The number of nitrogens with two attached hydrogens (primary N) is 1. The quantitative estimate of drug-likeness (QED) is 0.597. The fourth-order valence-electron chi connectivity index (χ4n) is 1.22. The summed E-state index contributed by atoms with van der Waals surface area (Å²) in [5, 5.41) is 11.3. The van der Waals surface area contributed by atoms with Gasteiger partial charge in [-0.25, -0.2) is 4.79 Å². The van der Waals surface area contributed by atoms with Gasteiger partial charge in [-0.05, 0) is 12.3 Å². The average molecular weight is 216 g/mol. The minimum atomic E-state index is -1.03. The van der Waals surface area contributed by atoms with Crippen LogP contribution in [-0.4, -0.2) is 29.1 Å². The smallest absolute Gasteiger partial charge is 0.326 e. The third-order valence-corrected chi connectivity index (χ3v) is 2.17. The highest BCUT2D eigenvalue weighted by atomic mass is 16.4. The highest BCUT2D eigenvalue weighted by Crippen LogP contribution is 2.03. The maximum atomic E-state index is 11.5. The van der Waals surface area contributed by atoms with Gasteiger partial charge in [0.25, 0.3) is 0 Å². The fourth-order valence-corrected chi connectivity index (χ4v) is 1.22. The monoisotopic (exact) mass is 216 g/mol. The molecule has 0 saturated heterocycles. The van der Waals surface area contributed by atoms with Crippen molar-refractivity contribution >= 4 is 11.9 Å². The zero-order valence-corrected chi connectivity index (χ0v) is 9.49. The molecule has 0 aromatic carbocycles. The van der Waals surface area contributed by atoms with Gasteiger partial charge in [-0.2, -0.15) is 0 Å². The number of amides is 1. The zero-order chi connectivity index (χ0) is 12.0. The molecule has 0 bridgehead atoms. The largest absolute Gasteiger partial charge is 0.480 e. The Hall–Kier alpha value is -1.10. The predicted octanol–water partition coefficient (Wildman–Crippen LogP) is 0.339. The van der Waals surface area contributed by atoms with Crippen molar-refractivity contribution in [1.82, 2.24) is 5.32 Å². The number of rotatable bonds is 6. The van der Waals surface area contributed by atoms with Crippen molar-refractivity contribution in [3.05, 3.63) is 0 Å². The predicted molar refractivity (Wildman–Crippen MR) is 57.3 cm³/mol. The molecule has 0 aliphatic heterocycles. The van der Waals surface area contributed by atoms with Crippen LogP contribution < -0.4 is 11.1 Å². The summed E-state index contributed by atoms with van der Waals surface area (Å²) in [6.07, 6.45) is 1.37. The van der Waals surface area contributed by atoms with Crippen LogP contribution in [0.2, 0.25) is 0 Å². The van der Waals surface area contributed by atoms with Crippen molar-refractivity contribution in [2.24, 2.45) is 11.7 Å². The van der Waals surface area contributed by atoms with Crippen molar-refractivity contribution in [1.29, 1.82) is 0 Å². The Bertz CT molecular complexity index is 229. The first-order chi connectivity index (χ1) is 6.90. The lowest BCUT2D eigenvalue weighted by atomic mass is 10.0. The molecule has 0 spiro atoms. The number of carbonyl (C=O) groups is 2. The zero-order valence-electron chi connectivity index (χ0n) is 9.49. The van der Waals surface area contributed by atoms with Gasteiger partial charge in [0.05, 0.1) is 6.04 Å². The summed E-state index contributed by atoms with van der Waals surface area (Å²) in [6, 6.07) is -1.48. The van der Waals surface area contributed by atoms with Crippen molar-refractivity contribution in [2.45, 2.75) is 45.7 Å². The van der Waals surface area contributed by atoms with E-state index >= 15 is 0 Å². The minimum Gasteiger partial charge on any atom is -0.480 e. The van der Waals surface area contributed by atoms with Crippen LogP contribution >= 0.6 is 0 Å². The molecular formula is C10H20N2O3. The first-order valence-electron chi connectivity index (χ1n) is 5.18. The molecule has 1 amide bonds. The van der Waals surface area contributed by atoms with E-state index in [4.69, 9.17) is 10.8 Å². The Morgan fingerprint density at radius 3 is 2.27 bits per heavy atom. The van der Waals surface area contributed by atoms with Crippen LogP contribution in [0.3, 0.4) is 0 Å². The average Bonchev–Trinajstić information content (AvgIpc) is 2.12. The second-order valence-corrected chi connectivity index (χ2v) is 3.96. The van der Waals surface area contributed by atoms with Gasteiger partial charge in [0, 0.05) is 0 Å². The molecule has 4 N–H and O–H groups in total. The maximum absolute atomic E-state index is 11.5. The van der Waals surface area contributed by atoms with Gasteiger partial charge in [0.2, 0.25) is 5.91 Å². The topological polar surface area (TPSA) is 92.4 Å². The normalized spacial score (nSPS) is 14.7. The number of carboxylic acid groups (broad SMARTS) is 1. The fraction of sp³-hybridized carbons (Fsp3) is 0.800. The van der Waals surface area contributed by atoms with Crippen LogP contribution in [0, 0.1) is 5.92 Å². The summed E-state index contributed by atoms with van der Waals surface area (Å²) in [5.74, 6) is -1.57. The van der Waals surface area contributed by atoms with E-state index < -0.39 is 24.0 Å². The van der Waals surface area contributed by atoms with Crippen LogP contribution in [-0.2, 0) is 9.59 Å². The summed E-state index contributed by atoms with van der Waals surface area (Å²) >= 11 is 0. The first kappa shape index (κ1) is 13.9. The summed E-state index contributed by atoms with van der Waals surface area (Å²) in [4.78, 5) is 22.3. The standard InChI is InChI=1S/C10H20N2O3/c1-4-5-7(11)9(13)12-8(6(2)3)10(14)15/h6-8H,4-5,11H2,1-3H3,(H,12,13)(H,14,15)/t7-,8+/m1/s1. The van der Waals surface area contributed by atoms with Crippen LogP contribution in [0.15, 0.2) is 0 Å². The van der Waals surface area contributed by atoms with Crippen molar-refractivity contribution < 1.29 is 14.7 Å². The third kappa shape index (κ3) is 4.78. The number of hydrogen-bond acceptors (Lipinski definition) is 3. The number of carbonyl (C=O) groups excluding carboxylic acids is 1. The van der Waals surface area contributed by atoms with Crippen molar-refractivity contribution in [2.75, 3.05) is 0 Å². The molecule has 0 fully saturated rings. The third-order valence-electron chi connectivity index (χ3n) is 2.17. The highest BCUT2D eigenvalue weighted by molar-refractivity contribution is 5.86. The molecule has 5 heteroatoms. The van der Waals surface area contributed by atoms with E-state index in [1.165, 1.54) is 0 Å². The van der Waals surface area contributed by atoms with Crippen molar-refractivity contribution in [3.63, 3.8) is 0 Å². The Morgan fingerprint density at radius 2 is 1.93 bits per heavy atom. The Balaban J connectivity index is 4.29. The molecule has 0 unspecified atom stereocenters. The molecule has 0 aromatic heterocycles. The number of aliphatic carboxylic acids is 1. The van der Waals surface area contributed by atoms with E-state index in [-0.39, 0.29) is 5.92 Å². The van der Waals surface area contributed by atoms with Gasteiger partial charge in [0.1, 0.15) is 6.04 Å². The molecule has 0 heterocycles. The molecule has 0 radical (unpaired) electrons. The first-order valence-corrected chi connectivity index (χ1v) is 5.18. The van der Waals surface area contributed by atoms with E-state index in [0.717, 1.165) is 6.42 Å². The SMILES string of the molecule is CCC[C@@H](N)C(=O)N[C@H](C(=O)O)C(C)C. The molecule has 0 aliphatic rings. The van der Waals surface area contributed by atoms with Gasteiger partial charge in [-0.3, -0.25) is 4.79 Å². The minimum absolute atomic E-state index is 0.153. The molecule has 15 heavy (non-hydrogen) atoms. The van der Waals surface area contributed by atoms with Crippen LogP contribution in [0.5, 0.6) is 0 Å². The Morgan fingerprint density at radius 1 is 1.40 bits per heavy atom. The van der Waals surface area contributed by atoms with Gasteiger partial charge >= 0.3 is 5.97 Å². The van der Waals surface area contributed by atoms with Gasteiger partial charge < -0.3 is 16.2 Å². The van der Waals surface area contributed by atoms with E-state index in [0.29, 0.717) is 6.42 Å². The molecule has 0 saturated carbocycles. The molecule has 0 aromatic rings. The van der Waals surface area contributed by atoms with E-state index in [2.05, 4.69) is 5.32 Å². The molecule has 0 aliphatic carbocycles. The van der Waals surface area contributed by atoms with E-state index in [1.54, 1.807) is 13.8 Å². The second-order valence-electron chi connectivity index (χ2n) is 3.96. The van der Waals surface area contributed by atoms with Gasteiger partial charge in [-0.15, -0.1) is 0 Å². The van der Waals surface area contributed by atoms with Crippen LogP contribution in [0.25, 0.3) is 0 Å². The summed E-state index contributed by atoms with van der Waals surface area (Å²) in [6.45, 7) is 5.40. The van der Waals surface area contributed by atoms with E-state index in [1.807, 2.05) is 6.92 Å². The molecule has 0 rings (SSSR count). The van der Waals surface area contributed by atoms with Gasteiger partial charge in [-0.1, -0.05) is 27.2 Å².